The van der Waals surface area contributed by atoms with Crippen LogP contribution < -0.4 is 5.32 Å². The Hall–Kier alpha value is -0.710. The van der Waals surface area contributed by atoms with E-state index in [9.17, 15) is 13.6 Å². The van der Waals surface area contributed by atoms with E-state index in [1.807, 2.05) is 0 Å². The first-order valence-electron chi connectivity index (χ1n) is 3.42. The first-order chi connectivity index (χ1) is 5.20. The summed E-state index contributed by atoms with van der Waals surface area (Å²) in [6.45, 7) is -2.30. The second kappa shape index (κ2) is 3.61. The lowest BCUT2D eigenvalue weighted by atomic mass is 10.2. The SMILES string of the molecule is O=C(OC(F)F)[C@@H]1CCCN1. The largest absolute Gasteiger partial charge is 0.402 e. The van der Waals surface area contributed by atoms with Gasteiger partial charge < -0.3 is 10.1 Å². The van der Waals surface area contributed by atoms with Crippen molar-refractivity contribution >= 4 is 5.97 Å². The summed E-state index contributed by atoms with van der Waals surface area (Å²) >= 11 is 0. The van der Waals surface area contributed by atoms with Gasteiger partial charge in [0, 0.05) is 0 Å². The second-order valence-electron chi connectivity index (χ2n) is 2.35. The summed E-state index contributed by atoms with van der Waals surface area (Å²) in [5, 5.41) is 2.75. The van der Waals surface area contributed by atoms with Crippen LogP contribution in [0.1, 0.15) is 12.8 Å². The Morgan fingerprint density at radius 2 is 2.36 bits per heavy atom. The van der Waals surface area contributed by atoms with E-state index in [0.717, 1.165) is 6.42 Å². The summed E-state index contributed by atoms with van der Waals surface area (Å²) in [6, 6.07) is -0.524. The molecule has 11 heavy (non-hydrogen) atoms. The number of carbonyl (C=O) groups is 1. The number of ether oxygens (including phenoxy) is 1. The number of alkyl halides is 2. The quantitative estimate of drug-likeness (QED) is 0.605. The fraction of sp³-hybridized carbons (Fsp3) is 0.833. The number of rotatable bonds is 2. The van der Waals surface area contributed by atoms with E-state index in [4.69, 9.17) is 0 Å². The Morgan fingerprint density at radius 1 is 1.64 bits per heavy atom. The van der Waals surface area contributed by atoms with Gasteiger partial charge in [0.05, 0.1) is 0 Å². The van der Waals surface area contributed by atoms with Gasteiger partial charge in [-0.2, -0.15) is 8.78 Å². The van der Waals surface area contributed by atoms with Crippen molar-refractivity contribution < 1.29 is 18.3 Å². The molecular formula is C6H9F2NO2. The molecule has 0 saturated carbocycles. The molecule has 1 rings (SSSR count). The number of esters is 1. The highest BCUT2D eigenvalue weighted by Crippen LogP contribution is 2.08. The highest BCUT2D eigenvalue weighted by Gasteiger charge is 2.25. The van der Waals surface area contributed by atoms with Gasteiger partial charge in [0.2, 0.25) is 0 Å². The Labute approximate surface area is 62.7 Å². The minimum Gasteiger partial charge on any atom is -0.402 e. The maximum atomic E-state index is 11.5. The van der Waals surface area contributed by atoms with E-state index >= 15 is 0 Å². The topological polar surface area (TPSA) is 38.3 Å². The molecule has 1 fully saturated rings. The first kappa shape index (κ1) is 8.39. The van der Waals surface area contributed by atoms with Crippen LogP contribution in [0.25, 0.3) is 0 Å². The molecule has 0 unspecified atom stereocenters. The van der Waals surface area contributed by atoms with Crippen LogP contribution in [0.15, 0.2) is 0 Å². The lowest BCUT2D eigenvalue weighted by Crippen LogP contribution is -2.33. The van der Waals surface area contributed by atoms with Crippen LogP contribution in [0, 0.1) is 0 Å². The molecule has 0 bridgehead atoms. The van der Waals surface area contributed by atoms with E-state index in [-0.39, 0.29) is 0 Å². The highest BCUT2D eigenvalue weighted by atomic mass is 19.3. The predicted octanol–water partition coefficient (Wildman–Crippen LogP) is 0.504. The van der Waals surface area contributed by atoms with E-state index in [0.29, 0.717) is 13.0 Å². The van der Waals surface area contributed by atoms with Gasteiger partial charge in [-0.25, -0.2) is 0 Å². The molecular weight excluding hydrogens is 156 g/mol. The maximum absolute atomic E-state index is 11.5. The summed E-state index contributed by atoms with van der Waals surface area (Å²) < 4.78 is 26.6. The van der Waals surface area contributed by atoms with Crippen LogP contribution in [0.2, 0.25) is 0 Å². The lowest BCUT2D eigenvalue weighted by molar-refractivity contribution is -0.178. The Balaban J connectivity index is 2.28. The van der Waals surface area contributed by atoms with E-state index in [1.54, 1.807) is 0 Å². The minimum absolute atomic E-state index is 0.524. The number of carbonyl (C=O) groups excluding carboxylic acids is 1. The van der Waals surface area contributed by atoms with Gasteiger partial charge in [0.15, 0.2) is 0 Å². The number of hydrogen-bond acceptors (Lipinski definition) is 3. The zero-order valence-electron chi connectivity index (χ0n) is 5.85. The van der Waals surface area contributed by atoms with Gasteiger partial charge in [0.25, 0.3) is 0 Å². The van der Waals surface area contributed by atoms with E-state index < -0.39 is 18.6 Å². The second-order valence-corrected chi connectivity index (χ2v) is 2.35. The van der Waals surface area contributed by atoms with Gasteiger partial charge in [-0.3, -0.25) is 4.79 Å². The lowest BCUT2D eigenvalue weighted by Gasteiger charge is -2.08. The minimum atomic E-state index is -3.00. The molecule has 0 amide bonds. The Kier molecular flexibility index (Phi) is 2.76. The van der Waals surface area contributed by atoms with Crippen LogP contribution in [-0.4, -0.2) is 25.2 Å². The molecule has 3 nitrogen and oxygen atoms in total. The van der Waals surface area contributed by atoms with Crippen molar-refractivity contribution in [2.75, 3.05) is 6.54 Å². The van der Waals surface area contributed by atoms with E-state index in [2.05, 4.69) is 10.1 Å². The smallest absolute Gasteiger partial charge is 0.389 e. The normalized spacial score (nSPS) is 24.1. The van der Waals surface area contributed by atoms with Gasteiger partial charge in [-0.15, -0.1) is 0 Å². The van der Waals surface area contributed by atoms with Gasteiger partial charge in [0.1, 0.15) is 6.04 Å². The third kappa shape index (κ3) is 2.42. The van der Waals surface area contributed by atoms with Crippen molar-refractivity contribution in [1.82, 2.24) is 5.32 Å². The number of nitrogens with one attached hydrogen (secondary N) is 1. The van der Waals surface area contributed by atoms with Gasteiger partial charge >= 0.3 is 12.6 Å². The molecule has 1 atom stereocenters. The molecule has 0 aromatic heterocycles. The summed E-state index contributed by atoms with van der Waals surface area (Å²) in [5.41, 5.74) is 0. The summed E-state index contributed by atoms with van der Waals surface area (Å²) in [7, 11) is 0. The van der Waals surface area contributed by atoms with Gasteiger partial charge in [-0.05, 0) is 19.4 Å². The van der Waals surface area contributed by atoms with Crippen molar-refractivity contribution in [2.45, 2.75) is 25.5 Å². The fourth-order valence-corrected chi connectivity index (χ4v) is 1.06. The Morgan fingerprint density at radius 3 is 2.82 bits per heavy atom. The summed E-state index contributed by atoms with van der Waals surface area (Å²) in [5.74, 6) is -0.850. The van der Waals surface area contributed by atoms with Crippen LogP contribution in [0.3, 0.4) is 0 Å². The summed E-state index contributed by atoms with van der Waals surface area (Å²) in [4.78, 5) is 10.7. The van der Waals surface area contributed by atoms with Crippen molar-refractivity contribution in [3.05, 3.63) is 0 Å². The molecule has 1 N–H and O–H groups in total. The van der Waals surface area contributed by atoms with Crippen molar-refractivity contribution in [3.63, 3.8) is 0 Å². The monoisotopic (exact) mass is 165 g/mol. The zero-order valence-corrected chi connectivity index (χ0v) is 5.85. The molecule has 0 aromatic carbocycles. The summed E-state index contributed by atoms with van der Waals surface area (Å²) in [6.07, 6.45) is 1.43. The maximum Gasteiger partial charge on any atom is 0.389 e. The molecule has 0 aromatic rings. The molecule has 64 valence electrons. The van der Waals surface area contributed by atoms with Crippen molar-refractivity contribution in [3.8, 4) is 0 Å². The molecule has 0 spiro atoms. The first-order valence-corrected chi connectivity index (χ1v) is 3.42. The predicted molar refractivity (Wildman–Crippen MR) is 33.1 cm³/mol. The van der Waals surface area contributed by atoms with Crippen LogP contribution in [0.5, 0.6) is 0 Å². The average molecular weight is 165 g/mol. The van der Waals surface area contributed by atoms with Crippen LogP contribution >= 0.6 is 0 Å². The molecule has 0 aliphatic carbocycles. The van der Waals surface area contributed by atoms with Gasteiger partial charge in [-0.1, -0.05) is 0 Å². The number of halogens is 2. The molecule has 0 radical (unpaired) electrons. The zero-order chi connectivity index (χ0) is 8.27. The molecule has 1 aliphatic rings. The van der Waals surface area contributed by atoms with Crippen molar-refractivity contribution in [1.29, 1.82) is 0 Å². The molecule has 1 heterocycles. The Bertz CT molecular complexity index is 146. The van der Waals surface area contributed by atoms with E-state index in [1.165, 1.54) is 0 Å². The molecule has 1 aliphatic heterocycles. The fourth-order valence-electron chi connectivity index (χ4n) is 1.06. The third-order valence-electron chi connectivity index (χ3n) is 1.55. The van der Waals surface area contributed by atoms with Crippen LogP contribution in [-0.2, 0) is 9.53 Å². The average Bonchev–Trinajstić information content (AvgIpc) is 2.35. The number of hydrogen-bond donors (Lipinski definition) is 1. The molecule has 1 saturated heterocycles. The van der Waals surface area contributed by atoms with Crippen molar-refractivity contribution in [2.24, 2.45) is 0 Å². The standard InChI is InChI=1S/C6H9F2NO2/c7-6(8)11-5(10)4-2-1-3-9-4/h4,6,9H,1-3H2/t4-/m0/s1. The highest BCUT2D eigenvalue weighted by molar-refractivity contribution is 5.76. The van der Waals surface area contributed by atoms with Crippen LogP contribution in [0.4, 0.5) is 8.78 Å². The molecule has 5 heteroatoms. The third-order valence-corrected chi connectivity index (χ3v) is 1.55.